The van der Waals surface area contributed by atoms with E-state index < -0.39 is 0 Å². The second-order valence-corrected chi connectivity index (χ2v) is 4.55. The average molecular weight is 275 g/mol. The number of anilines is 1. The first-order valence-electron chi connectivity index (χ1n) is 6.65. The Morgan fingerprint density at radius 3 is 2.95 bits per heavy atom. The molecule has 1 aromatic carbocycles. The van der Waals surface area contributed by atoms with Crippen LogP contribution in [0.25, 0.3) is 0 Å². The van der Waals surface area contributed by atoms with Crippen molar-refractivity contribution < 1.29 is 9.47 Å². The molecule has 0 atom stereocenters. The zero-order valence-electron chi connectivity index (χ0n) is 12.0. The van der Waals surface area contributed by atoms with Crippen molar-refractivity contribution in [3.8, 4) is 0 Å². The van der Waals surface area contributed by atoms with Gasteiger partial charge in [0.1, 0.15) is 5.82 Å². The van der Waals surface area contributed by atoms with Gasteiger partial charge in [-0.05, 0) is 17.7 Å². The molecule has 108 valence electrons. The van der Waals surface area contributed by atoms with Gasteiger partial charge in [-0.3, -0.25) is 0 Å². The van der Waals surface area contributed by atoms with Crippen molar-refractivity contribution >= 4 is 5.69 Å². The zero-order valence-corrected chi connectivity index (χ0v) is 12.0. The zero-order chi connectivity index (χ0) is 14.2. The van der Waals surface area contributed by atoms with Crippen LogP contribution in [-0.4, -0.2) is 29.9 Å². The molecule has 0 saturated carbocycles. The Kier molecular flexibility index (Phi) is 5.58. The van der Waals surface area contributed by atoms with Crippen molar-refractivity contribution in [2.45, 2.75) is 13.2 Å². The Hall–Kier alpha value is -1.85. The van der Waals surface area contributed by atoms with E-state index in [1.54, 1.807) is 13.3 Å². The molecule has 0 radical (unpaired) electrons. The van der Waals surface area contributed by atoms with E-state index in [9.17, 15) is 0 Å². The van der Waals surface area contributed by atoms with Crippen LogP contribution in [0.4, 0.5) is 5.69 Å². The van der Waals surface area contributed by atoms with Crippen LogP contribution in [0, 0.1) is 0 Å². The topological polar surface area (TPSA) is 48.3 Å². The number of rotatable bonds is 8. The van der Waals surface area contributed by atoms with E-state index in [1.807, 2.05) is 29.9 Å². The number of aromatic nitrogens is 2. The summed E-state index contributed by atoms with van der Waals surface area (Å²) in [7, 11) is 3.66. The molecule has 5 nitrogen and oxygen atoms in total. The summed E-state index contributed by atoms with van der Waals surface area (Å²) in [4.78, 5) is 4.29. The fourth-order valence-corrected chi connectivity index (χ4v) is 1.85. The van der Waals surface area contributed by atoms with E-state index in [-0.39, 0.29) is 0 Å². The van der Waals surface area contributed by atoms with Crippen molar-refractivity contribution in [1.82, 2.24) is 9.55 Å². The molecule has 0 unspecified atom stereocenters. The molecule has 0 aliphatic heterocycles. The summed E-state index contributed by atoms with van der Waals surface area (Å²) >= 11 is 0. The van der Waals surface area contributed by atoms with Crippen molar-refractivity contribution in [3.05, 3.63) is 48.0 Å². The predicted molar refractivity (Wildman–Crippen MR) is 78.5 cm³/mol. The molecule has 0 saturated heterocycles. The number of nitrogens with zero attached hydrogens (tertiary/aromatic N) is 2. The van der Waals surface area contributed by atoms with Gasteiger partial charge < -0.3 is 19.4 Å². The summed E-state index contributed by atoms with van der Waals surface area (Å²) in [6.45, 7) is 2.54. The first-order chi connectivity index (χ1) is 9.79. The van der Waals surface area contributed by atoms with Gasteiger partial charge in [0.25, 0.3) is 0 Å². The molecule has 20 heavy (non-hydrogen) atoms. The maximum absolute atomic E-state index is 5.52. The minimum absolute atomic E-state index is 0.598. The first kappa shape index (κ1) is 14.6. The minimum Gasteiger partial charge on any atom is -0.382 e. The molecular formula is C15H21N3O2. The monoisotopic (exact) mass is 275 g/mol. The summed E-state index contributed by atoms with van der Waals surface area (Å²) < 4.78 is 12.5. The van der Waals surface area contributed by atoms with Crippen molar-refractivity contribution in [2.24, 2.45) is 7.05 Å². The van der Waals surface area contributed by atoms with E-state index in [0.29, 0.717) is 26.4 Å². The predicted octanol–water partition coefficient (Wildman–Crippen LogP) is 2.20. The number of benzene rings is 1. The van der Waals surface area contributed by atoms with E-state index >= 15 is 0 Å². The first-order valence-corrected chi connectivity index (χ1v) is 6.65. The number of aryl methyl sites for hydroxylation is 1. The fraction of sp³-hybridized carbons (Fsp3) is 0.400. The lowest BCUT2D eigenvalue weighted by Crippen LogP contribution is -2.06. The summed E-state index contributed by atoms with van der Waals surface area (Å²) in [5.74, 6) is 1.01. The van der Waals surface area contributed by atoms with Gasteiger partial charge >= 0.3 is 0 Å². The number of imidazole rings is 1. The van der Waals surface area contributed by atoms with Crippen LogP contribution < -0.4 is 5.32 Å². The van der Waals surface area contributed by atoms with Gasteiger partial charge in [-0.1, -0.05) is 12.1 Å². The highest BCUT2D eigenvalue weighted by Gasteiger charge is 2.00. The van der Waals surface area contributed by atoms with Crippen LogP contribution in [0.1, 0.15) is 11.4 Å². The van der Waals surface area contributed by atoms with Gasteiger partial charge in [0.15, 0.2) is 0 Å². The van der Waals surface area contributed by atoms with Crippen LogP contribution in [0.3, 0.4) is 0 Å². The van der Waals surface area contributed by atoms with Gasteiger partial charge in [-0.25, -0.2) is 4.98 Å². The third-order valence-electron chi connectivity index (χ3n) is 3.00. The molecule has 2 aromatic rings. The molecule has 0 aliphatic rings. The van der Waals surface area contributed by atoms with Crippen LogP contribution >= 0.6 is 0 Å². The maximum Gasteiger partial charge on any atom is 0.127 e. The van der Waals surface area contributed by atoms with Crippen LogP contribution in [-0.2, 0) is 29.7 Å². The van der Waals surface area contributed by atoms with E-state index in [0.717, 1.165) is 17.1 Å². The maximum atomic E-state index is 5.52. The van der Waals surface area contributed by atoms with Crippen LogP contribution in [0.15, 0.2) is 36.7 Å². The van der Waals surface area contributed by atoms with Crippen molar-refractivity contribution in [1.29, 1.82) is 0 Å². The van der Waals surface area contributed by atoms with Crippen LogP contribution in [0.5, 0.6) is 0 Å². The molecule has 0 aliphatic carbocycles. The van der Waals surface area contributed by atoms with Crippen molar-refractivity contribution in [2.75, 3.05) is 25.6 Å². The highest BCUT2D eigenvalue weighted by molar-refractivity contribution is 5.45. The Morgan fingerprint density at radius 2 is 2.20 bits per heavy atom. The summed E-state index contributed by atoms with van der Waals surface area (Å²) in [5.41, 5.74) is 2.21. The Balaban J connectivity index is 1.84. The van der Waals surface area contributed by atoms with Crippen molar-refractivity contribution in [3.63, 3.8) is 0 Å². The average Bonchev–Trinajstić information content (AvgIpc) is 2.87. The quantitative estimate of drug-likeness (QED) is 0.750. The summed E-state index contributed by atoms with van der Waals surface area (Å²) in [6, 6.07) is 8.21. The third kappa shape index (κ3) is 4.36. The summed E-state index contributed by atoms with van der Waals surface area (Å²) in [5, 5.41) is 3.37. The number of hydrogen-bond acceptors (Lipinski definition) is 4. The lowest BCUT2D eigenvalue weighted by molar-refractivity contribution is 0.0617. The highest BCUT2D eigenvalue weighted by Crippen LogP contribution is 2.12. The molecule has 1 N–H and O–H groups in total. The van der Waals surface area contributed by atoms with E-state index in [2.05, 4.69) is 22.4 Å². The second kappa shape index (κ2) is 7.67. The van der Waals surface area contributed by atoms with Gasteiger partial charge in [0.2, 0.25) is 0 Å². The van der Waals surface area contributed by atoms with E-state index in [4.69, 9.17) is 9.47 Å². The fourth-order valence-electron chi connectivity index (χ4n) is 1.85. The molecule has 1 aromatic heterocycles. The van der Waals surface area contributed by atoms with Crippen LogP contribution in [0.2, 0.25) is 0 Å². The highest BCUT2D eigenvalue weighted by atomic mass is 16.5. The molecular weight excluding hydrogens is 254 g/mol. The number of methoxy groups -OCH3 is 1. The number of hydrogen-bond donors (Lipinski definition) is 1. The van der Waals surface area contributed by atoms with Gasteiger partial charge in [-0.2, -0.15) is 0 Å². The molecule has 1 heterocycles. The van der Waals surface area contributed by atoms with Gasteiger partial charge in [0, 0.05) is 32.2 Å². The lowest BCUT2D eigenvalue weighted by atomic mass is 10.2. The molecule has 0 amide bonds. The normalized spacial score (nSPS) is 10.7. The minimum atomic E-state index is 0.598. The molecule has 2 rings (SSSR count). The number of ether oxygens (including phenoxy) is 2. The second-order valence-electron chi connectivity index (χ2n) is 4.55. The molecule has 0 fully saturated rings. The van der Waals surface area contributed by atoms with Gasteiger partial charge in [0.05, 0.1) is 26.4 Å². The smallest absolute Gasteiger partial charge is 0.127 e. The number of nitrogens with one attached hydrogen (secondary N) is 1. The third-order valence-corrected chi connectivity index (χ3v) is 3.00. The SMILES string of the molecule is COCCOCc1cccc(NCc2nccn2C)c1. The Bertz CT molecular complexity index is 525. The van der Waals surface area contributed by atoms with E-state index in [1.165, 1.54) is 0 Å². The molecule has 0 spiro atoms. The molecule has 0 bridgehead atoms. The standard InChI is InChI=1S/C15H21N3O2/c1-18-7-6-16-15(18)11-17-14-5-3-4-13(10-14)12-20-9-8-19-2/h3-7,10,17H,8-9,11-12H2,1-2H3. The summed E-state index contributed by atoms with van der Waals surface area (Å²) in [6.07, 6.45) is 3.74. The largest absolute Gasteiger partial charge is 0.382 e. The Labute approximate surface area is 119 Å². The lowest BCUT2D eigenvalue weighted by Gasteiger charge is -2.09. The molecule has 5 heteroatoms. The Morgan fingerprint density at radius 1 is 1.30 bits per heavy atom. The van der Waals surface area contributed by atoms with Gasteiger partial charge in [-0.15, -0.1) is 0 Å².